The van der Waals surface area contributed by atoms with Gasteiger partial charge in [0.05, 0.1) is 5.92 Å². The quantitative estimate of drug-likeness (QED) is 0.830. The molecule has 3 heterocycles. The number of alkyl halides is 3. The molecular weight excluding hydrogens is 349 g/mol. The van der Waals surface area contributed by atoms with Crippen LogP contribution in [0.2, 0.25) is 0 Å². The van der Waals surface area contributed by atoms with E-state index in [1.54, 1.807) is 0 Å². The molecule has 130 valence electrons. The number of nitrogens with zero attached hydrogens (tertiary/aromatic N) is 4. The molecule has 0 aromatic carbocycles. The third-order valence-corrected chi connectivity index (χ3v) is 5.54. The van der Waals surface area contributed by atoms with E-state index in [4.69, 9.17) is 0 Å². The molecule has 1 aliphatic heterocycles. The number of halogens is 3. The average Bonchev–Trinajstić information content (AvgIpc) is 3.06. The molecule has 7 nitrogen and oxygen atoms in total. The Hall–Kier alpha value is -2.01. The number of aromatic nitrogens is 3. The Labute approximate surface area is 135 Å². The summed E-state index contributed by atoms with van der Waals surface area (Å²) >= 11 is 0. The van der Waals surface area contributed by atoms with Crippen LogP contribution in [0.5, 0.6) is 0 Å². The molecule has 2 aromatic heterocycles. The van der Waals surface area contributed by atoms with Crippen LogP contribution in [0, 0.1) is 0 Å². The SMILES string of the molecule is O=S(=O)(c1cccnc1)N1CCC[C@H](c2nnc(C(F)(F)F)o2)C1. The maximum atomic E-state index is 12.6. The van der Waals surface area contributed by atoms with Gasteiger partial charge < -0.3 is 4.42 Å². The Balaban J connectivity index is 1.81. The first-order valence-corrected chi connectivity index (χ1v) is 8.53. The molecule has 0 radical (unpaired) electrons. The summed E-state index contributed by atoms with van der Waals surface area (Å²) < 4.78 is 68.7. The summed E-state index contributed by atoms with van der Waals surface area (Å²) in [5.41, 5.74) is 0. The van der Waals surface area contributed by atoms with Crippen molar-refractivity contribution in [1.29, 1.82) is 0 Å². The molecule has 1 fully saturated rings. The fraction of sp³-hybridized carbons (Fsp3) is 0.462. The van der Waals surface area contributed by atoms with E-state index in [9.17, 15) is 21.6 Å². The molecule has 0 saturated carbocycles. The van der Waals surface area contributed by atoms with E-state index in [0.717, 1.165) is 0 Å². The summed E-state index contributed by atoms with van der Waals surface area (Å²) in [5.74, 6) is -2.20. The second-order valence-electron chi connectivity index (χ2n) is 5.33. The van der Waals surface area contributed by atoms with Gasteiger partial charge in [-0.25, -0.2) is 8.42 Å². The zero-order valence-corrected chi connectivity index (χ0v) is 13.1. The Morgan fingerprint density at radius 3 is 2.71 bits per heavy atom. The Morgan fingerprint density at radius 1 is 1.29 bits per heavy atom. The molecule has 1 atom stereocenters. The van der Waals surface area contributed by atoms with E-state index in [0.29, 0.717) is 12.8 Å². The van der Waals surface area contributed by atoms with E-state index in [-0.39, 0.29) is 23.9 Å². The van der Waals surface area contributed by atoms with Crippen molar-refractivity contribution >= 4 is 10.0 Å². The summed E-state index contributed by atoms with van der Waals surface area (Å²) in [4.78, 5) is 3.82. The van der Waals surface area contributed by atoms with Crippen molar-refractivity contribution in [2.24, 2.45) is 0 Å². The van der Waals surface area contributed by atoms with Gasteiger partial charge in [-0.3, -0.25) is 4.98 Å². The molecule has 24 heavy (non-hydrogen) atoms. The third kappa shape index (κ3) is 3.26. The number of piperidine rings is 1. The lowest BCUT2D eigenvalue weighted by atomic mass is 10.00. The molecule has 3 rings (SSSR count). The summed E-state index contributed by atoms with van der Waals surface area (Å²) in [7, 11) is -3.77. The van der Waals surface area contributed by atoms with Crippen LogP contribution in [0.15, 0.2) is 33.8 Å². The van der Waals surface area contributed by atoms with Gasteiger partial charge in [-0.2, -0.15) is 17.5 Å². The smallest absolute Gasteiger partial charge is 0.417 e. The van der Waals surface area contributed by atoms with Crippen LogP contribution in [0.1, 0.15) is 30.5 Å². The normalized spacial score (nSPS) is 20.2. The van der Waals surface area contributed by atoms with Gasteiger partial charge in [-0.1, -0.05) is 0 Å². The molecule has 11 heteroatoms. The fourth-order valence-electron chi connectivity index (χ4n) is 2.53. The Kier molecular flexibility index (Phi) is 4.30. The van der Waals surface area contributed by atoms with Crippen molar-refractivity contribution in [2.75, 3.05) is 13.1 Å². The Morgan fingerprint density at radius 2 is 2.08 bits per heavy atom. The van der Waals surface area contributed by atoms with Crippen molar-refractivity contribution in [3.63, 3.8) is 0 Å². The molecule has 0 aliphatic carbocycles. The van der Waals surface area contributed by atoms with Gasteiger partial charge in [-0.05, 0) is 25.0 Å². The molecule has 0 N–H and O–H groups in total. The summed E-state index contributed by atoms with van der Waals surface area (Å²) in [6.07, 6.45) is -1.09. The predicted molar refractivity (Wildman–Crippen MR) is 74.3 cm³/mol. The standard InChI is InChI=1S/C13H13F3N4O3S/c14-13(15,16)12-19-18-11(23-12)9-3-2-6-20(8-9)24(21,22)10-4-1-5-17-7-10/h1,4-5,7,9H,2-3,6,8H2/t9-/m0/s1. The molecule has 1 aliphatic rings. The average molecular weight is 362 g/mol. The first kappa shape index (κ1) is 16.8. The fourth-order valence-corrected chi connectivity index (χ4v) is 4.01. The van der Waals surface area contributed by atoms with Crippen LogP contribution in [0.3, 0.4) is 0 Å². The minimum atomic E-state index is -4.72. The van der Waals surface area contributed by atoms with E-state index >= 15 is 0 Å². The second kappa shape index (κ2) is 6.13. The van der Waals surface area contributed by atoms with Crippen LogP contribution in [0.25, 0.3) is 0 Å². The van der Waals surface area contributed by atoms with E-state index in [1.165, 1.54) is 28.8 Å². The maximum Gasteiger partial charge on any atom is 0.470 e. The highest BCUT2D eigenvalue weighted by atomic mass is 32.2. The van der Waals surface area contributed by atoms with Crippen LogP contribution >= 0.6 is 0 Å². The number of sulfonamides is 1. The van der Waals surface area contributed by atoms with Crippen LogP contribution < -0.4 is 0 Å². The topological polar surface area (TPSA) is 89.2 Å². The van der Waals surface area contributed by atoms with E-state index < -0.39 is 28.0 Å². The molecule has 0 bridgehead atoms. The lowest BCUT2D eigenvalue weighted by Gasteiger charge is -2.30. The number of rotatable bonds is 3. The Bertz CT molecular complexity index is 807. The van der Waals surface area contributed by atoms with Gasteiger partial charge >= 0.3 is 12.1 Å². The number of hydrogen-bond acceptors (Lipinski definition) is 6. The van der Waals surface area contributed by atoms with Crippen molar-refractivity contribution in [3.8, 4) is 0 Å². The van der Waals surface area contributed by atoms with Crippen LogP contribution in [0.4, 0.5) is 13.2 Å². The minimum absolute atomic E-state index is 0.0171. The van der Waals surface area contributed by atoms with E-state index in [2.05, 4.69) is 19.6 Å². The predicted octanol–water partition coefficient (Wildman–Crippen LogP) is 2.05. The molecule has 0 amide bonds. The molecule has 0 spiro atoms. The van der Waals surface area contributed by atoms with Crippen molar-refractivity contribution in [2.45, 2.75) is 29.8 Å². The van der Waals surface area contributed by atoms with Gasteiger partial charge in [-0.15, -0.1) is 10.2 Å². The highest BCUT2D eigenvalue weighted by Crippen LogP contribution is 2.33. The molecule has 0 unspecified atom stereocenters. The molecule has 2 aromatic rings. The van der Waals surface area contributed by atoms with Gasteiger partial charge in [0.1, 0.15) is 4.90 Å². The maximum absolute atomic E-state index is 12.6. The van der Waals surface area contributed by atoms with Crippen molar-refractivity contribution in [3.05, 3.63) is 36.3 Å². The zero-order chi connectivity index (χ0) is 17.4. The van der Waals surface area contributed by atoms with Gasteiger partial charge in [0, 0.05) is 25.5 Å². The third-order valence-electron chi connectivity index (χ3n) is 3.69. The second-order valence-corrected chi connectivity index (χ2v) is 7.27. The number of hydrogen-bond donors (Lipinski definition) is 0. The lowest BCUT2D eigenvalue weighted by molar-refractivity contribution is -0.157. The molecular formula is C13H13F3N4O3S. The largest absolute Gasteiger partial charge is 0.470 e. The van der Waals surface area contributed by atoms with E-state index in [1.807, 2.05) is 0 Å². The minimum Gasteiger partial charge on any atom is -0.417 e. The van der Waals surface area contributed by atoms with Crippen molar-refractivity contribution in [1.82, 2.24) is 19.5 Å². The highest BCUT2D eigenvalue weighted by molar-refractivity contribution is 7.89. The van der Waals surface area contributed by atoms with Gasteiger partial charge in [0.15, 0.2) is 0 Å². The van der Waals surface area contributed by atoms with Gasteiger partial charge in [0.25, 0.3) is 0 Å². The first-order chi connectivity index (χ1) is 11.3. The number of pyridine rings is 1. The summed E-state index contributed by atoms with van der Waals surface area (Å²) in [5, 5.41) is 6.41. The summed E-state index contributed by atoms with van der Waals surface area (Å²) in [6.45, 7) is 0.255. The van der Waals surface area contributed by atoms with Crippen LogP contribution in [-0.4, -0.2) is 41.0 Å². The first-order valence-electron chi connectivity index (χ1n) is 7.09. The zero-order valence-electron chi connectivity index (χ0n) is 12.3. The van der Waals surface area contributed by atoms with Crippen LogP contribution in [-0.2, 0) is 16.2 Å². The lowest BCUT2D eigenvalue weighted by Crippen LogP contribution is -2.39. The highest BCUT2D eigenvalue weighted by Gasteiger charge is 2.40. The molecule has 1 saturated heterocycles. The van der Waals surface area contributed by atoms with Crippen molar-refractivity contribution < 1.29 is 26.0 Å². The monoisotopic (exact) mass is 362 g/mol. The van der Waals surface area contributed by atoms with Gasteiger partial charge in [0.2, 0.25) is 15.9 Å². The summed E-state index contributed by atoms with van der Waals surface area (Å²) in [6, 6.07) is 2.92.